The SMILES string of the molecule is COc1ccc(CC(=O)c2cccc(F)c2)cc1. The Hall–Kier alpha value is -2.16. The fraction of sp³-hybridized carbons (Fsp3) is 0.133. The summed E-state index contributed by atoms with van der Waals surface area (Å²) in [6, 6.07) is 13.0. The molecule has 0 saturated carbocycles. The molecule has 0 N–H and O–H groups in total. The van der Waals surface area contributed by atoms with Crippen molar-refractivity contribution in [3.63, 3.8) is 0 Å². The highest BCUT2D eigenvalue weighted by molar-refractivity contribution is 5.97. The Labute approximate surface area is 105 Å². The van der Waals surface area contributed by atoms with Crippen LogP contribution in [0.4, 0.5) is 4.39 Å². The van der Waals surface area contributed by atoms with E-state index in [1.165, 1.54) is 18.2 Å². The van der Waals surface area contributed by atoms with Gasteiger partial charge < -0.3 is 4.74 Å². The van der Waals surface area contributed by atoms with Gasteiger partial charge in [-0.3, -0.25) is 4.79 Å². The van der Waals surface area contributed by atoms with E-state index in [1.807, 2.05) is 12.1 Å². The van der Waals surface area contributed by atoms with Crippen LogP contribution in [0.25, 0.3) is 0 Å². The summed E-state index contributed by atoms with van der Waals surface area (Å²) in [5.41, 5.74) is 1.27. The number of benzene rings is 2. The maximum Gasteiger partial charge on any atom is 0.167 e. The summed E-state index contributed by atoms with van der Waals surface area (Å²) in [4.78, 5) is 11.9. The minimum Gasteiger partial charge on any atom is -0.497 e. The standard InChI is InChI=1S/C15H13FO2/c1-18-14-7-5-11(6-8-14)9-15(17)12-3-2-4-13(16)10-12/h2-8,10H,9H2,1H3. The van der Waals surface area contributed by atoms with Gasteiger partial charge in [0.1, 0.15) is 11.6 Å². The van der Waals surface area contributed by atoms with Crippen LogP contribution in [0.1, 0.15) is 15.9 Å². The van der Waals surface area contributed by atoms with E-state index < -0.39 is 5.82 Å². The third-order valence-corrected chi connectivity index (χ3v) is 2.67. The van der Waals surface area contributed by atoms with E-state index >= 15 is 0 Å². The first-order valence-electron chi connectivity index (χ1n) is 5.61. The third kappa shape index (κ3) is 2.94. The van der Waals surface area contributed by atoms with Crippen LogP contribution in [0.15, 0.2) is 48.5 Å². The van der Waals surface area contributed by atoms with Crippen molar-refractivity contribution in [1.29, 1.82) is 0 Å². The normalized spacial score (nSPS) is 10.1. The maximum atomic E-state index is 13.0. The predicted molar refractivity (Wildman–Crippen MR) is 67.4 cm³/mol. The predicted octanol–water partition coefficient (Wildman–Crippen LogP) is 3.26. The van der Waals surface area contributed by atoms with Gasteiger partial charge in [0.05, 0.1) is 7.11 Å². The van der Waals surface area contributed by atoms with Crippen molar-refractivity contribution in [1.82, 2.24) is 0 Å². The third-order valence-electron chi connectivity index (χ3n) is 2.67. The first kappa shape index (κ1) is 12.3. The molecule has 3 heteroatoms. The fourth-order valence-electron chi connectivity index (χ4n) is 1.69. The van der Waals surface area contributed by atoms with Crippen molar-refractivity contribution in [3.8, 4) is 5.75 Å². The van der Waals surface area contributed by atoms with Crippen molar-refractivity contribution in [2.24, 2.45) is 0 Å². The molecular weight excluding hydrogens is 231 g/mol. The molecule has 0 heterocycles. The van der Waals surface area contributed by atoms with Gasteiger partial charge in [-0.05, 0) is 29.8 Å². The Bertz CT molecular complexity index is 547. The Morgan fingerprint density at radius 3 is 2.50 bits per heavy atom. The average Bonchev–Trinajstić information content (AvgIpc) is 2.39. The highest BCUT2D eigenvalue weighted by atomic mass is 19.1. The molecule has 0 atom stereocenters. The summed E-state index contributed by atoms with van der Waals surface area (Å²) in [7, 11) is 1.59. The van der Waals surface area contributed by atoms with E-state index in [2.05, 4.69) is 0 Å². The summed E-state index contributed by atoms with van der Waals surface area (Å²) in [6.45, 7) is 0. The van der Waals surface area contributed by atoms with Gasteiger partial charge >= 0.3 is 0 Å². The lowest BCUT2D eigenvalue weighted by molar-refractivity contribution is 0.0992. The molecule has 0 aliphatic heterocycles. The first-order chi connectivity index (χ1) is 8.69. The van der Waals surface area contributed by atoms with Crippen molar-refractivity contribution < 1.29 is 13.9 Å². The largest absolute Gasteiger partial charge is 0.497 e. The minimum absolute atomic E-state index is 0.0975. The van der Waals surface area contributed by atoms with Crippen LogP contribution in [-0.2, 0) is 6.42 Å². The van der Waals surface area contributed by atoms with Crippen LogP contribution in [-0.4, -0.2) is 12.9 Å². The number of carbonyl (C=O) groups is 1. The second-order valence-electron chi connectivity index (χ2n) is 3.96. The summed E-state index contributed by atoms with van der Waals surface area (Å²) in [6.07, 6.45) is 0.257. The lowest BCUT2D eigenvalue weighted by Gasteiger charge is -2.03. The molecule has 92 valence electrons. The quantitative estimate of drug-likeness (QED) is 0.772. The second kappa shape index (κ2) is 5.45. The van der Waals surface area contributed by atoms with E-state index in [-0.39, 0.29) is 12.2 Å². The number of rotatable bonds is 4. The zero-order chi connectivity index (χ0) is 13.0. The second-order valence-corrected chi connectivity index (χ2v) is 3.96. The fourth-order valence-corrected chi connectivity index (χ4v) is 1.69. The van der Waals surface area contributed by atoms with Crippen LogP contribution >= 0.6 is 0 Å². The molecule has 0 aliphatic carbocycles. The summed E-state index contributed by atoms with van der Waals surface area (Å²) in [5.74, 6) is 0.257. The van der Waals surface area contributed by atoms with E-state index in [9.17, 15) is 9.18 Å². The van der Waals surface area contributed by atoms with Crippen LogP contribution in [0.2, 0.25) is 0 Å². The highest BCUT2D eigenvalue weighted by Crippen LogP contribution is 2.14. The molecule has 18 heavy (non-hydrogen) atoms. The molecule has 0 radical (unpaired) electrons. The zero-order valence-corrected chi connectivity index (χ0v) is 10.0. The van der Waals surface area contributed by atoms with Gasteiger partial charge in [-0.2, -0.15) is 0 Å². The molecule has 0 aromatic heterocycles. The molecule has 0 unspecified atom stereocenters. The van der Waals surface area contributed by atoms with Crippen LogP contribution in [0, 0.1) is 5.82 Å². The lowest BCUT2D eigenvalue weighted by Crippen LogP contribution is -2.03. The topological polar surface area (TPSA) is 26.3 Å². The summed E-state index contributed by atoms with van der Waals surface area (Å²) < 4.78 is 18.0. The van der Waals surface area contributed by atoms with Crippen LogP contribution in [0.5, 0.6) is 5.75 Å². The van der Waals surface area contributed by atoms with E-state index in [4.69, 9.17) is 4.74 Å². The van der Waals surface area contributed by atoms with Gasteiger partial charge in [-0.1, -0.05) is 24.3 Å². The van der Waals surface area contributed by atoms with Gasteiger partial charge in [-0.25, -0.2) is 4.39 Å². The van der Waals surface area contributed by atoms with Crippen molar-refractivity contribution >= 4 is 5.78 Å². The summed E-state index contributed by atoms with van der Waals surface area (Å²) in [5, 5.41) is 0. The molecule has 2 rings (SSSR count). The molecule has 0 fully saturated rings. The number of Topliss-reactive ketones (excluding diaryl/α,β-unsaturated/α-hetero) is 1. The number of ether oxygens (including phenoxy) is 1. The monoisotopic (exact) mass is 244 g/mol. The number of halogens is 1. The van der Waals surface area contributed by atoms with Gasteiger partial charge in [-0.15, -0.1) is 0 Å². The Morgan fingerprint density at radius 1 is 1.17 bits per heavy atom. The molecule has 2 aromatic carbocycles. The van der Waals surface area contributed by atoms with Crippen LogP contribution in [0.3, 0.4) is 0 Å². The van der Waals surface area contributed by atoms with E-state index in [0.29, 0.717) is 5.56 Å². The molecule has 0 bridgehead atoms. The number of ketones is 1. The Kier molecular flexibility index (Phi) is 3.72. The van der Waals surface area contributed by atoms with Crippen molar-refractivity contribution in [2.45, 2.75) is 6.42 Å². The molecule has 0 aliphatic rings. The van der Waals surface area contributed by atoms with Crippen LogP contribution < -0.4 is 4.74 Å². The van der Waals surface area contributed by atoms with E-state index in [1.54, 1.807) is 25.3 Å². The molecular formula is C15H13FO2. The smallest absolute Gasteiger partial charge is 0.167 e. The molecule has 2 nitrogen and oxygen atoms in total. The highest BCUT2D eigenvalue weighted by Gasteiger charge is 2.07. The zero-order valence-electron chi connectivity index (χ0n) is 10.0. The molecule has 0 amide bonds. The maximum absolute atomic E-state index is 13.0. The van der Waals surface area contributed by atoms with Gasteiger partial charge in [0.2, 0.25) is 0 Å². The molecule has 0 saturated heterocycles. The first-order valence-corrected chi connectivity index (χ1v) is 5.61. The van der Waals surface area contributed by atoms with Gasteiger partial charge in [0, 0.05) is 12.0 Å². The number of methoxy groups -OCH3 is 1. The molecule has 2 aromatic rings. The average molecular weight is 244 g/mol. The minimum atomic E-state index is -0.393. The van der Waals surface area contributed by atoms with Gasteiger partial charge in [0.15, 0.2) is 5.78 Å². The lowest BCUT2D eigenvalue weighted by atomic mass is 10.0. The summed E-state index contributed by atoms with van der Waals surface area (Å²) >= 11 is 0. The number of hydrogen-bond donors (Lipinski definition) is 0. The van der Waals surface area contributed by atoms with Gasteiger partial charge in [0.25, 0.3) is 0 Å². The van der Waals surface area contributed by atoms with E-state index in [0.717, 1.165) is 11.3 Å². The number of carbonyl (C=O) groups excluding carboxylic acids is 1. The Balaban J connectivity index is 2.11. The van der Waals surface area contributed by atoms with Crippen molar-refractivity contribution in [3.05, 3.63) is 65.5 Å². The Morgan fingerprint density at radius 2 is 1.89 bits per heavy atom. The number of hydrogen-bond acceptors (Lipinski definition) is 2. The molecule has 0 spiro atoms. The van der Waals surface area contributed by atoms with Crippen molar-refractivity contribution in [2.75, 3.05) is 7.11 Å².